The zero-order valence-electron chi connectivity index (χ0n) is 12.9. The fraction of sp³-hybridized carbons (Fsp3) is 0.588. The Morgan fingerprint density at radius 1 is 1.32 bits per heavy atom. The maximum absolute atomic E-state index is 11.4. The number of aliphatic hydroxyl groups is 1. The molecule has 5 atom stereocenters. The van der Waals surface area contributed by atoms with Gasteiger partial charge in [0.05, 0.1) is 32.8 Å². The SMILES string of the molecule is COc1ccc(COC[C@@H]2[C@@H](C)[C@@H](O)[C@@H]3OC(=O)C[C@H]23)cc1. The summed E-state index contributed by atoms with van der Waals surface area (Å²) in [7, 11) is 1.64. The van der Waals surface area contributed by atoms with Crippen LogP contribution in [0.4, 0.5) is 0 Å². The molecule has 22 heavy (non-hydrogen) atoms. The molecule has 1 aliphatic heterocycles. The quantitative estimate of drug-likeness (QED) is 0.840. The minimum absolute atomic E-state index is 0.0772. The van der Waals surface area contributed by atoms with E-state index in [0.717, 1.165) is 11.3 Å². The fourth-order valence-electron chi connectivity index (χ4n) is 3.57. The first-order valence-corrected chi connectivity index (χ1v) is 7.68. The Kier molecular flexibility index (Phi) is 4.36. The summed E-state index contributed by atoms with van der Waals surface area (Å²) >= 11 is 0. The minimum Gasteiger partial charge on any atom is -0.497 e. The number of aliphatic hydroxyl groups excluding tert-OH is 1. The lowest BCUT2D eigenvalue weighted by atomic mass is 9.89. The number of ether oxygens (including phenoxy) is 3. The van der Waals surface area contributed by atoms with Crippen LogP contribution < -0.4 is 4.74 Å². The van der Waals surface area contributed by atoms with Gasteiger partial charge in [-0.05, 0) is 29.5 Å². The lowest BCUT2D eigenvalue weighted by Gasteiger charge is -2.20. The van der Waals surface area contributed by atoms with Gasteiger partial charge in [-0.3, -0.25) is 4.79 Å². The maximum atomic E-state index is 11.4. The zero-order chi connectivity index (χ0) is 15.7. The molecule has 1 saturated heterocycles. The monoisotopic (exact) mass is 306 g/mol. The highest BCUT2D eigenvalue weighted by molar-refractivity contribution is 5.72. The molecule has 1 aliphatic carbocycles. The third-order valence-electron chi connectivity index (χ3n) is 4.93. The van der Waals surface area contributed by atoms with Gasteiger partial charge >= 0.3 is 5.97 Å². The van der Waals surface area contributed by atoms with Gasteiger partial charge in [0.2, 0.25) is 0 Å². The largest absolute Gasteiger partial charge is 0.497 e. The van der Waals surface area contributed by atoms with Crippen LogP contribution >= 0.6 is 0 Å². The smallest absolute Gasteiger partial charge is 0.306 e. The number of methoxy groups -OCH3 is 1. The molecule has 3 rings (SSSR count). The van der Waals surface area contributed by atoms with E-state index in [-0.39, 0.29) is 29.8 Å². The van der Waals surface area contributed by atoms with Gasteiger partial charge in [0, 0.05) is 5.92 Å². The molecule has 2 aliphatic rings. The summed E-state index contributed by atoms with van der Waals surface area (Å²) in [5.41, 5.74) is 1.07. The summed E-state index contributed by atoms with van der Waals surface area (Å²) in [6.07, 6.45) is -0.536. The Hall–Kier alpha value is -1.59. The summed E-state index contributed by atoms with van der Waals surface area (Å²) in [5, 5.41) is 10.2. The summed E-state index contributed by atoms with van der Waals surface area (Å²) in [6, 6.07) is 7.74. The normalized spacial score (nSPS) is 33.6. The summed E-state index contributed by atoms with van der Waals surface area (Å²) in [6.45, 7) is 3.04. The van der Waals surface area contributed by atoms with Crippen LogP contribution in [-0.4, -0.2) is 37.0 Å². The van der Waals surface area contributed by atoms with Crippen LogP contribution in [0.2, 0.25) is 0 Å². The molecule has 2 fully saturated rings. The van der Waals surface area contributed by atoms with Crippen molar-refractivity contribution < 1.29 is 24.1 Å². The van der Waals surface area contributed by atoms with E-state index in [2.05, 4.69) is 0 Å². The molecule has 0 aromatic heterocycles. The Labute approximate surface area is 130 Å². The Morgan fingerprint density at radius 2 is 2.05 bits per heavy atom. The number of hydrogen-bond donors (Lipinski definition) is 1. The van der Waals surface area contributed by atoms with Crippen molar-refractivity contribution in [2.45, 2.75) is 32.2 Å². The van der Waals surface area contributed by atoms with E-state index in [1.807, 2.05) is 31.2 Å². The highest BCUT2D eigenvalue weighted by atomic mass is 16.6. The fourth-order valence-corrected chi connectivity index (χ4v) is 3.57. The van der Waals surface area contributed by atoms with Crippen molar-refractivity contribution in [1.29, 1.82) is 0 Å². The average molecular weight is 306 g/mol. The van der Waals surface area contributed by atoms with Crippen LogP contribution in [0, 0.1) is 17.8 Å². The molecule has 0 spiro atoms. The topological polar surface area (TPSA) is 65.0 Å². The third kappa shape index (κ3) is 2.83. The minimum atomic E-state index is -0.578. The zero-order valence-corrected chi connectivity index (χ0v) is 12.9. The van der Waals surface area contributed by atoms with E-state index in [4.69, 9.17) is 14.2 Å². The number of esters is 1. The van der Waals surface area contributed by atoms with Crippen LogP contribution in [0.1, 0.15) is 18.9 Å². The van der Waals surface area contributed by atoms with Crippen LogP contribution in [0.15, 0.2) is 24.3 Å². The maximum Gasteiger partial charge on any atom is 0.306 e. The molecular formula is C17H22O5. The van der Waals surface area contributed by atoms with Gasteiger partial charge in [0.15, 0.2) is 0 Å². The Morgan fingerprint density at radius 3 is 2.73 bits per heavy atom. The molecule has 0 unspecified atom stereocenters. The summed E-state index contributed by atoms with van der Waals surface area (Å²) < 4.78 is 16.2. The van der Waals surface area contributed by atoms with E-state index in [9.17, 15) is 9.90 Å². The molecule has 1 heterocycles. The van der Waals surface area contributed by atoms with E-state index in [0.29, 0.717) is 19.6 Å². The van der Waals surface area contributed by atoms with Crippen LogP contribution in [0.5, 0.6) is 5.75 Å². The van der Waals surface area contributed by atoms with Gasteiger partial charge in [-0.15, -0.1) is 0 Å². The van der Waals surface area contributed by atoms with Gasteiger partial charge < -0.3 is 19.3 Å². The molecule has 1 aromatic carbocycles. The molecule has 1 N–H and O–H groups in total. The second kappa shape index (κ2) is 6.26. The van der Waals surface area contributed by atoms with Gasteiger partial charge in [-0.25, -0.2) is 0 Å². The molecule has 0 bridgehead atoms. The van der Waals surface area contributed by atoms with Crippen LogP contribution in [0.3, 0.4) is 0 Å². The predicted molar refractivity (Wildman–Crippen MR) is 79.3 cm³/mol. The Bertz CT molecular complexity index is 526. The van der Waals surface area contributed by atoms with Crippen molar-refractivity contribution in [3.8, 4) is 5.75 Å². The molecule has 5 nitrogen and oxygen atoms in total. The predicted octanol–water partition coefficient (Wildman–Crippen LogP) is 1.77. The molecule has 5 heteroatoms. The first-order chi connectivity index (χ1) is 10.6. The second-order valence-electron chi connectivity index (χ2n) is 6.20. The van der Waals surface area contributed by atoms with E-state index >= 15 is 0 Å². The van der Waals surface area contributed by atoms with Crippen LogP contribution in [-0.2, 0) is 20.9 Å². The van der Waals surface area contributed by atoms with Crippen molar-refractivity contribution >= 4 is 5.97 Å². The first kappa shape index (κ1) is 15.3. The highest BCUT2D eigenvalue weighted by Gasteiger charge is 2.54. The van der Waals surface area contributed by atoms with Crippen molar-refractivity contribution in [2.75, 3.05) is 13.7 Å². The number of carbonyl (C=O) groups is 1. The van der Waals surface area contributed by atoms with Crippen LogP contribution in [0.25, 0.3) is 0 Å². The van der Waals surface area contributed by atoms with Crippen molar-refractivity contribution in [3.63, 3.8) is 0 Å². The number of fused-ring (bicyclic) bond motifs is 1. The van der Waals surface area contributed by atoms with E-state index in [1.165, 1.54) is 0 Å². The van der Waals surface area contributed by atoms with Crippen molar-refractivity contribution in [1.82, 2.24) is 0 Å². The van der Waals surface area contributed by atoms with Gasteiger partial charge in [-0.2, -0.15) is 0 Å². The van der Waals surface area contributed by atoms with Gasteiger partial charge in [0.25, 0.3) is 0 Å². The third-order valence-corrected chi connectivity index (χ3v) is 4.93. The highest BCUT2D eigenvalue weighted by Crippen LogP contribution is 2.45. The lowest BCUT2D eigenvalue weighted by molar-refractivity contribution is -0.145. The first-order valence-electron chi connectivity index (χ1n) is 7.68. The molecule has 1 saturated carbocycles. The van der Waals surface area contributed by atoms with Crippen molar-refractivity contribution in [2.24, 2.45) is 17.8 Å². The standard InChI is InChI=1S/C17H22O5/c1-10-14(13-7-15(18)22-17(13)16(10)19)9-21-8-11-3-5-12(20-2)6-4-11/h3-6,10,13-14,16-17,19H,7-9H2,1-2H3/t10-,13-,14-,16-,17-/m1/s1. The Balaban J connectivity index is 1.55. The van der Waals surface area contributed by atoms with Gasteiger partial charge in [0.1, 0.15) is 11.9 Å². The summed E-state index contributed by atoms with van der Waals surface area (Å²) in [4.78, 5) is 11.4. The average Bonchev–Trinajstić information content (AvgIpc) is 3.00. The van der Waals surface area contributed by atoms with E-state index < -0.39 is 6.10 Å². The molecule has 1 aromatic rings. The number of carbonyl (C=O) groups excluding carboxylic acids is 1. The van der Waals surface area contributed by atoms with Gasteiger partial charge in [-0.1, -0.05) is 19.1 Å². The molecular weight excluding hydrogens is 284 g/mol. The number of benzene rings is 1. The second-order valence-corrected chi connectivity index (χ2v) is 6.20. The van der Waals surface area contributed by atoms with Crippen molar-refractivity contribution in [3.05, 3.63) is 29.8 Å². The molecule has 0 amide bonds. The molecule has 120 valence electrons. The number of hydrogen-bond acceptors (Lipinski definition) is 5. The molecule has 0 radical (unpaired) electrons. The number of rotatable bonds is 5. The summed E-state index contributed by atoms with van der Waals surface area (Å²) in [5.74, 6) is 0.930. The lowest BCUT2D eigenvalue weighted by Crippen LogP contribution is -2.27. The van der Waals surface area contributed by atoms with E-state index in [1.54, 1.807) is 7.11 Å².